The summed E-state index contributed by atoms with van der Waals surface area (Å²) in [6, 6.07) is 3.96. The standard InChI is InChI=1S/C14H23N3O2/c1-10(18)13-5-4-6-15-14(13)17-9-12(19)7-11(17)8-16(2)3/h4-6,10-12,18-19H,7-9H2,1-3H3. The largest absolute Gasteiger partial charge is 0.391 e. The molecule has 19 heavy (non-hydrogen) atoms. The van der Waals surface area contributed by atoms with Crippen LogP contribution >= 0.6 is 0 Å². The number of anilines is 1. The number of hydrogen-bond donors (Lipinski definition) is 2. The summed E-state index contributed by atoms with van der Waals surface area (Å²) in [5.41, 5.74) is 0.820. The van der Waals surface area contributed by atoms with Gasteiger partial charge in [-0.15, -0.1) is 0 Å². The summed E-state index contributed by atoms with van der Waals surface area (Å²) in [4.78, 5) is 8.64. The molecule has 1 aromatic rings. The fraction of sp³-hybridized carbons (Fsp3) is 0.643. The van der Waals surface area contributed by atoms with E-state index >= 15 is 0 Å². The average Bonchev–Trinajstić information content (AvgIpc) is 2.69. The number of nitrogens with zero attached hydrogens (tertiary/aromatic N) is 3. The van der Waals surface area contributed by atoms with Crippen LogP contribution in [0.5, 0.6) is 0 Å². The number of hydrogen-bond acceptors (Lipinski definition) is 5. The minimum Gasteiger partial charge on any atom is -0.391 e. The molecule has 3 atom stereocenters. The second-order valence-electron chi connectivity index (χ2n) is 5.55. The van der Waals surface area contributed by atoms with Crippen LogP contribution in [0.1, 0.15) is 25.0 Å². The molecule has 0 aliphatic carbocycles. The van der Waals surface area contributed by atoms with Crippen LogP contribution in [0, 0.1) is 0 Å². The van der Waals surface area contributed by atoms with E-state index in [-0.39, 0.29) is 12.1 Å². The summed E-state index contributed by atoms with van der Waals surface area (Å²) >= 11 is 0. The smallest absolute Gasteiger partial charge is 0.134 e. The maximum absolute atomic E-state index is 9.92. The molecule has 0 radical (unpaired) electrons. The van der Waals surface area contributed by atoms with Gasteiger partial charge in [-0.2, -0.15) is 0 Å². The zero-order valence-corrected chi connectivity index (χ0v) is 11.8. The lowest BCUT2D eigenvalue weighted by Crippen LogP contribution is -2.38. The average molecular weight is 265 g/mol. The molecule has 106 valence electrons. The van der Waals surface area contributed by atoms with Crippen molar-refractivity contribution in [3.8, 4) is 0 Å². The summed E-state index contributed by atoms with van der Waals surface area (Å²) in [6.07, 6.45) is 1.60. The summed E-state index contributed by atoms with van der Waals surface area (Å²) in [6.45, 7) is 3.19. The molecule has 2 heterocycles. The van der Waals surface area contributed by atoms with E-state index in [0.717, 1.165) is 24.3 Å². The highest BCUT2D eigenvalue weighted by Crippen LogP contribution is 2.30. The van der Waals surface area contributed by atoms with Gasteiger partial charge >= 0.3 is 0 Å². The Hall–Kier alpha value is -1.17. The zero-order chi connectivity index (χ0) is 14.0. The number of β-amino-alcohol motifs (C(OH)–C–C–N with tert-alkyl or cyclic N) is 1. The third kappa shape index (κ3) is 3.23. The molecule has 5 nitrogen and oxygen atoms in total. The van der Waals surface area contributed by atoms with Crippen LogP contribution in [0.2, 0.25) is 0 Å². The van der Waals surface area contributed by atoms with Crippen LogP contribution < -0.4 is 4.90 Å². The molecule has 0 spiro atoms. The van der Waals surface area contributed by atoms with E-state index in [0.29, 0.717) is 6.54 Å². The van der Waals surface area contributed by atoms with Gasteiger partial charge in [-0.3, -0.25) is 0 Å². The first-order valence-corrected chi connectivity index (χ1v) is 6.71. The Bertz CT molecular complexity index is 423. The van der Waals surface area contributed by atoms with Crippen LogP contribution in [-0.2, 0) is 0 Å². The van der Waals surface area contributed by atoms with E-state index < -0.39 is 6.10 Å². The Labute approximate surface area is 114 Å². The summed E-state index contributed by atoms with van der Waals surface area (Å²) in [7, 11) is 4.05. The number of aromatic nitrogens is 1. The molecule has 5 heteroatoms. The van der Waals surface area contributed by atoms with Crippen LogP contribution in [0.3, 0.4) is 0 Å². The molecule has 1 aliphatic heterocycles. The minimum atomic E-state index is -0.554. The van der Waals surface area contributed by atoms with Gasteiger partial charge in [0, 0.05) is 30.9 Å². The summed E-state index contributed by atoms with van der Waals surface area (Å²) in [5.74, 6) is 0.793. The molecule has 3 unspecified atom stereocenters. The maximum Gasteiger partial charge on any atom is 0.134 e. The third-order valence-electron chi connectivity index (χ3n) is 3.51. The summed E-state index contributed by atoms with van der Waals surface area (Å²) < 4.78 is 0. The monoisotopic (exact) mass is 265 g/mol. The molecule has 1 aliphatic rings. The van der Waals surface area contributed by atoms with Crippen molar-refractivity contribution in [2.24, 2.45) is 0 Å². The molecule has 0 bridgehead atoms. The predicted molar refractivity (Wildman–Crippen MR) is 75.2 cm³/mol. The Kier molecular flexibility index (Phi) is 4.39. The molecule has 1 fully saturated rings. The molecular formula is C14H23N3O2. The molecule has 1 saturated heterocycles. The number of aliphatic hydroxyl groups excluding tert-OH is 2. The Morgan fingerprint density at radius 2 is 2.26 bits per heavy atom. The SMILES string of the molecule is CC(O)c1cccnc1N1CC(O)CC1CN(C)C. The normalized spacial score (nSPS) is 25.1. The van der Waals surface area contributed by atoms with Gasteiger partial charge in [0.05, 0.1) is 12.2 Å². The molecular weight excluding hydrogens is 242 g/mol. The van der Waals surface area contributed by atoms with Crippen LogP contribution in [0.25, 0.3) is 0 Å². The second kappa shape index (κ2) is 5.86. The molecule has 1 aromatic heterocycles. The van der Waals surface area contributed by atoms with Crippen LogP contribution in [-0.4, -0.2) is 59.4 Å². The fourth-order valence-corrected chi connectivity index (χ4v) is 2.72. The molecule has 0 amide bonds. The van der Waals surface area contributed by atoms with E-state index in [1.165, 1.54) is 0 Å². The maximum atomic E-state index is 9.92. The van der Waals surface area contributed by atoms with E-state index in [1.54, 1.807) is 13.1 Å². The third-order valence-corrected chi connectivity index (χ3v) is 3.51. The lowest BCUT2D eigenvalue weighted by Gasteiger charge is -2.29. The van der Waals surface area contributed by atoms with Gasteiger partial charge in [0.15, 0.2) is 0 Å². The van der Waals surface area contributed by atoms with Gasteiger partial charge in [0.1, 0.15) is 5.82 Å². The lowest BCUT2D eigenvalue weighted by atomic mass is 10.1. The second-order valence-corrected chi connectivity index (χ2v) is 5.55. The van der Waals surface area contributed by atoms with Crippen molar-refractivity contribution in [1.29, 1.82) is 0 Å². The van der Waals surface area contributed by atoms with Gasteiger partial charge in [0.2, 0.25) is 0 Å². The fourth-order valence-electron chi connectivity index (χ4n) is 2.72. The van der Waals surface area contributed by atoms with Crippen molar-refractivity contribution < 1.29 is 10.2 Å². The molecule has 0 aromatic carbocycles. The molecule has 2 N–H and O–H groups in total. The van der Waals surface area contributed by atoms with Crippen LogP contribution in [0.4, 0.5) is 5.82 Å². The summed E-state index contributed by atoms with van der Waals surface area (Å²) in [5, 5.41) is 19.8. The zero-order valence-electron chi connectivity index (χ0n) is 11.8. The van der Waals surface area contributed by atoms with Gasteiger partial charge in [-0.05, 0) is 33.5 Å². The highest BCUT2D eigenvalue weighted by Gasteiger charge is 2.33. The van der Waals surface area contributed by atoms with E-state index in [4.69, 9.17) is 0 Å². The first-order chi connectivity index (χ1) is 8.99. The first-order valence-electron chi connectivity index (χ1n) is 6.71. The minimum absolute atomic E-state index is 0.234. The van der Waals surface area contributed by atoms with Crippen molar-refractivity contribution in [2.45, 2.75) is 31.6 Å². The number of likely N-dealkylation sites (N-methyl/N-ethyl adjacent to an activating group) is 1. The molecule has 0 saturated carbocycles. The van der Waals surface area contributed by atoms with Crippen LogP contribution in [0.15, 0.2) is 18.3 Å². The van der Waals surface area contributed by atoms with E-state index in [1.807, 2.05) is 26.2 Å². The van der Waals surface area contributed by atoms with Crippen molar-refractivity contribution in [1.82, 2.24) is 9.88 Å². The Balaban J connectivity index is 2.28. The highest BCUT2D eigenvalue weighted by atomic mass is 16.3. The van der Waals surface area contributed by atoms with Crippen molar-refractivity contribution in [3.63, 3.8) is 0 Å². The lowest BCUT2D eigenvalue weighted by molar-refractivity contribution is 0.191. The number of aliphatic hydroxyl groups is 2. The van der Waals surface area contributed by atoms with Gasteiger partial charge < -0.3 is 20.0 Å². The number of pyridine rings is 1. The van der Waals surface area contributed by atoms with Gasteiger partial charge in [-0.25, -0.2) is 4.98 Å². The van der Waals surface area contributed by atoms with E-state index in [9.17, 15) is 10.2 Å². The number of rotatable bonds is 4. The van der Waals surface area contributed by atoms with Crippen molar-refractivity contribution in [2.75, 3.05) is 32.1 Å². The first kappa shape index (κ1) is 14.2. The Morgan fingerprint density at radius 1 is 1.53 bits per heavy atom. The predicted octanol–water partition coefficient (Wildman–Crippen LogP) is 0.636. The van der Waals surface area contributed by atoms with Crippen molar-refractivity contribution >= 4 is 5.82 Å². The van der Waals surface area contributed by atoms with Gasteiger partial charge in [-0.1, -0.05) is 6.07 Å². The highest BCUT2D eigenvalue weighted by molar-refractivity contribution is 5.50. The quantitative estimate of drug-likeness (QED) is 0.836. The van der Waals surface area contributed by atoms with E-state index in [2.05, 4.69) is 14.8 Å². The van der Waals surface area contributed by atoms with Gasteiger partial charge in [0.25, 0.3) is 0 Å². The Morgan fingerprint density at radius 3 is 2.89 bits per heavy atom. The molecule has 2 rings (SSSR count). The topological polar surface area (TPSA) is 59.8 Å². The van der Waals surface area contributed by atoms with Crippen molar-refractivity contribution in [3.05, 3.63) is 23.9 Å².